The lowest BCUT2D eigenvalue weighted by Crippen LogP contribution is -2.29. The lowest BCUT2D eigenvalue weighted by molar-refractivity contribution is 0.505. The van der Waals surface area contributed by atoms with E-state index in [1.54, 1.807) is 22.8 Å². The summed E-state index contributed by atoms with van der Waals surface area (Å²) in [6.45, 7) is 0. The molecule has 4 nitrogen and oxygen atoms in total. The minimum atomic E-state index is -0.228. The number of halogens is 1. The van der Waals surface area contributed by atoms with Crippen molar-refractivity contribution in [2.75, 3.05) is 0 Å². The summed E-state index contributed by atoms with van der Waals surface area (Å²) in [5.74, 6) is 0.618. The Bertz CT molecular complexity index is 1320. The maximum absolute atomic E-state index is 13.5. The molecule has 2 aromatic heterocycles. The van der Waals surface area contributed by atoms with E-state index >= 15 is 0 Å². The van der Waals surface area contributed by atoms with Crippen molar-refractivity contribution < 1.29 is 0 Å². The topological polar surface area (TPSA) is 52.0 Å². The standard InChI is InChI=1S/C22H17ClN2O2S/c23-14-11-9-13(10-12-14)20-24-21-18(22(27)25(20)15-5-1-2-6-15)19(26)16-7-3-4-8-17(16)28-21/h3-4,7-12,15H,1-2,5-6H2. The molecule has 0 unspecified atom stereocenters. The van der Waals surface area contributed by atoms with Gasteiger partial charge in [0.2, 0.25) is 5.43 Å². The van der Waals surface area contributed by atoms with E-state index in [1.165, 1.54) is 11.3 Å². The first-order valence-electron chi connectivity index (χ1n) is 9.37. The SMILES string of the molecule is O=c1c2ccccc2sc2nc(-c3ccc(Cl)cc3)n(C3CCCC3)c(=O)c12. The van der Waals surface area contributed by atoms with Gasteiger partial charge in [-0.3, -0.25) is 14.2 Å². The van der Waals surface area contributed by atoms with Crippen molar-refractivity contribution in [2.24, 2.45) is 0 Å². The molecule has 1 fully saturated rings. The summed E-state index contributed by atoms with van der Waals surface area (Å²) >= 11 is 7.44. The van der Waals surface area contributed by atoms with E-state index in [1.807, 2.05) is 30.3 Å². The molecular formula is C22H17ClN2O2S. The molecule has 1 aliphatic rings. The van der Waals surface area contributed by atoms with Crippen molar-refractivity contribution in [1.82, 2.24) is 9.55 Å². The zero-order valence-corrected chi connectivity index (χ0v) is 16.6. The van der Waals surface area contributed by atoms with E-state index in [-0.39, 0.29) is 22.4 Å². The zero-order valence-electron chi connectivity index (χ0n) is 15.0. The van der Waals surface area contributed by atoms with Crippen LogP contribution in [0.15, 0.2) is 58.1 Å². The third-order valence-corrected chi connectivity index (χ3v) is 6.76. The molecule has 6 heteroatoms. The Morgan fingerprint density at radius 1 is 1.00 bits per heavy atom. The monoisotopic (exact) mass is 408 g/mol. The third-order valence-electron chi connectivity index (χ3n) is 5.44. The third kappa shape index (κ3) is 2.77. The first-order valence-corrected chi connectivity index (χ1v) is 10.6. The number of benzene rings is 2. The van der Waals surface area contributed by atoms with Gasteiger partial charge >= 0.3 is 0 Å². The maximum atomic E-state index is 13.5. The Labute approximate surface area is 170 Å². The molecular weight excluding hydrogens is 392 g/mol. The summed E-state index contributed by atoms with van der Waals surface area (Å²) in [5.41, 5.74) is 0.383. The predicted molar refractivity (Wildman–Crippen MR) is 116 cm³/mol. The fraction of sp³-hybridized carbons (Fsp3) is 0.227. The molecule has 4 aromatic rings. The molecule has 28 heavy (non-hydrogen) atoms. The second kappa shape index (κ2) is 6.83. The van der Waals surface area contributed by atoms with Crippen LogP contribution in [0.25, 0.3) is 31.7 Å². The Morgan fingerprint density at radius 2 is 1.71 bits per heavy atom. The molecule has 1 saturated carbocycles. The minimum Gasteiger partial charge on any atom is -0.289 e. The lowest BCUT2D eigenvalue weighted by atomic mass is 10.1. The van der Waals surface area contributed by atoms with Gasteiger partial charge in [0.05, 0.1) is 0 Å². The summed E-state index contributed by atoms with van der Waals surface area (Å²) in [5, 5.41) is 1.42. The average molecular weight is 409 g/mol. The Kier molecular flexibility index (Phi) is 4.29. The van der Waals surface area contributed by atoms with Crippen LogP contribution >= 0.6 is 22.9 Å². The molecule has 2 heterocycles. The van der Waals surface area contributed by atoms with Crippen LogP contribution in [0.4, 0.5) is 0 Å². The molecule has 5 rings (SSSR count). The van der Waals surface area contributed by atoms with Gasteiger partial charge in [0, 0.05) is 26.7 Å². The molecule has 0 atom stereocenters. The van der Waals surface area contributed by atoms with Gasteiger partial charge < -0.3 is 0 Å². The first-order chi connectivity index (χ1) is 13.6. The van der Waals surface area contributed by atoms with Crippen molar-refractivity contribution in [3.8, 4) is 11.4 Å². The summed E-state index contributed by atoms with van der Waals surface area (Å²) in [6, 6.07) is 14.8. The lowest BCUT2D eigenvalue weighted by Gasteiger charge is -2.19. The van der Waals surface area contributed by atoms with E-state index in [4.69, 9.17) is 16.6 Å². The molecule has 2 aromatic carbocycles. The number of nitrogens with zero attached hydrogens (tertiary/aromatic N) is 2. The van der Waals surface area contributed by atoms with Gasteiger partial charge in [-0.25, -0.2) is 4.98 Å². The van der Waals surface area contributed by atoms with Gasteiger partial charge in [0.15, 0.2) is 0 Å². The molecule has 140 valence electrons. The van der Waals surface area contributed by atoms with Gasteiger partial charge in [-0.1, -0.05) is 36.6 Å². The highest BCUT2D eigenvalue weighted by Crippen LogP contribution is 2.33. The van der Waals surface area contributed by atoms with Crippen molar-refractivity contribution in [1.29, 1.82) is 0 Å². The molecule has 1 aliphatic carbocycles. The zero-order chi connectivity index (χ0) is 19.3. The van der Waals surface area contributed by atoms with Crippen molar-refractivity contribution >= 4 is 43.2 Å². The number of hydrogen-bond acceptors (Lipinski definition) is 4. The summed E-state index contributed by atoms with van der Waals surface area (Å²) in [7, 11) is 0. The quantitative estimate of drug-likeness (QED) is 0.417. The van der Waals surface area contributed by atoms with E-state index in [0.29, 0.717) is 21.1 Å². The fourth-order valence-electron chi connectivity index (χ4n) is 4.07. The molecule has 0 N–H and O–H groups in total. The van der Waals surface area contributed by atoms with Crippen LogP contribution in [0.5, 0.6) is 0 Å². The van der Waals surface area contributed by atoms with E-state index in [2.05, 4.69) is 0 Å². The largest absolute Gasteiger partial charge is 0.289 e. The highest BCUT2D eigenvalue weighted by Gasteiger charge is 2.25. The van der Waals surface area contributed by atoms with Gasteiger partial charge in [-0.2, -0.15) is 0 Å². The van der Waals surface area contributed by atoms with Crippen molar-refractivity contribution in [2.45, 2.75) is 31.7 Å². The van der Waals surface area contributed by atoms with E-state index in [0.717, 1.165) is 35.9 Å². The fourth-order valence-corrected chi connectivity index (χ4v) is 5.23. The second-order valence-electron chi connectivity index (χ2n) is 7.16. The molecule has 0 amide bonds. The minimum absolute atomic E-state index is 0.0750. The highest BCUT2D eigenvalue weighted by molar-refractivity contribution is 7.24. The second-order valence-corrected chi connectivity index (χ2v) is 8.63. The molecule has 0 spiro atoms. The van der Waals surface area contributed by atoms with Crippen LogP contribution in [0.3, 0.4) is 0 Å². The highest BCUT2D eigenvalue weighted by atomic mass is 35.5. The van der Waals surface area contributed by atoms with E-state index in [9.17, 15) is 9.59 Å². The number of aromatic nitrogens is 2. The van der Waals surface area contributed by atoms with E-state index < -0.39 is 0 Å². The molecule has 0 bridgehead atoms. The summed E-state index contributed by atoms with van der Waals surface area (Å²) < 4.78 is 2.59. The normalized spacial score (nSPS) is 14.9. The molecule has 0 saturated heterocycles. The number of rotatable bonds is 2. The first kappa shape index (κ1) is 17.6. The Balaban J connectivity index is 1.91. The van der Waals surface area contributed by atoms with Crippen LogP contribution in [-0.4, -0.2) is 9.55 Å². The van der Waals surface area contributed by atoms with Crippen LogP contribution in [0.1, 0.15) is 31.7 Å². The predicted octanol–water partition coefficient (Wildman–Crippen LogP) is 5.41. The average Bonchev–Trinajstić information content (AvgIpc) is 3.22. The van der Waals surface area contributed by atoms with Crippen LogP contribution in [0, 0.1) is 0 Å². The molecule has 0 radical (unpaired) electrons. The van der Waals surface area contributed by atoms with Crippen LogP contribution < -0.4 is 11.0 Å². The Morgan fingerprint density at radius 3 is 2.46 bits per heavy atom. The van der Waals surface area contributed by atoms with Crippen molar-refractivity contribution in [3.63, 3.8) is 0 Å². The summed E-state index contributed by atoms with van der Waals surface area (Å²) in [6.07, 6.45) is 4.03. The maximum Gasteiger partial charge on any atom is 0.266 e. The van der Waals surface area contributed by atoms with Gasteiger partial charge in [0.1, 0.15) is 16.0 Å². The van der Waals surface area contributed by atoms with Crippen LogP contribution in [-0.2, 0) is 0 Å². The van der Waals surface area contributed by atoms with Gasteiger partial charge in [-0.15, -0.1) is 11.3 Å². The van der Waals surface area contributed by atoms with Gasteiger partial charge in [-0.05, 0) is 49.2 Å². The van der Waals surface area contributed by atoms with Gasteiger partial charge in [0.25, 0.3) is 5.56 Å². The number of hydrogen-bond donors (Lipinski definition) is 0. The number of fused-ring (bicyclic) bond motifs is 2. The molecule has 0 aliphatic heterocycles. The van der Waals surface area contributed by atoms with Crippen molar-refractivity contribution in [3.05, 3.63) is 74.1 Å². The Hall–Kier alpha value is -2.50. The summed E-state index contributed by atoms with van der Waals surface area (Å²) in [4.78, 5) is 32.0. The van der Waals surface area contributed by atoms with Crippen LogP contribution in [0.2, 0.25) is 5.02 Å². The smallest absolute Gasteiger partial charge is 0.266 e.